The van der Waals surface area contributed by atoms with Gasteiger partial charge in [-0.1, -0.05) is 12.1 Å². The molecule has 0 saturated heterocycles. The van der Waals surface area contributed by atoms with E-state index in [-0.39, 0.29) is 30.6 Å². The molecule has 0 aromatic heterocycles. The molecule has 0 aliphatic heterocycles. The number of hydrogen-bond donors (Lipinski definition) is 1. The number of hydrogen-bond acceptors (Lipinski definition) is 4. The highest BCUT2D eigenvalue weighted by atomic mass is 32.2. The zero-order chi connectivity index (χ0) is 14.1. The third-order valence-electron chi connectivity index (χ3n) is 2.48. The van der Waals surface area contributed by atoms with Gasteiger partial charge in [0.25, 0.3) is 0 Å². The largest absolute Gasteiger partial charge is 0.395 e. The highest BCUT2D eigenvalue weighted by molar-refractivity contribution is 8.00. The molecule has 106 valence electrons. The summed E-state index contributed by atoms with van der Waals surface area (Å²) in [6.07, 6.45) is 0. The minimum Gasteiger partial charge on any atom is -0.395 e. The molecule has 1 rings (SSSR count). The van der Waals surface area contributed by atoms with Gasteiger partial charge >= 0.3 is 0 Å². The van der Waals surface area contributed by atoms with Crippen LogP contribution in [-0.2, 0) is 9.53 Å². The molecule has 0 fully saturated rings. The van der Waals surface area contributed by atoms with Crippen LogP contribution in [0.4, 0.5) is 4.39 Å². The Balaban J connectivity index is 2.50. The molecule has 0 aliphatic rings. The first-order valence-corrected chi connectivity index (χ1v) is 6.92. The van der Waals surface area contributed by atoms with Gasteiger partial charge in [0.2, 0.25) is 5.91 Å². The molecule has 0 heterocycles. The number of carbonyl (C=O) groups is 1. The number of amides is 1. The molecular weight excluding hydrogens is 269 g/mol. The van der Waals surface area contributed by atoms with Crippen LogP contribution in [0.25, 0.3) is 0 Å². The normalized spacial score (nSPS) is 10.5. The van der Waals surface area contributed by atoms with Gasteiger partial charge in [-0.25, -0.2) is 4.39 Å². The SMILES string of the molecule is COCCN(CCO)C(=O)CSc1ccccc1F. The lowest BCUT2D eigenvalue weighted by atomic mass is 10.3. The van der Waals surface area contributed by atoms with Crippen LogP contribution in [0.2, 0.25) is 0 Å². The fraction of sp³-hybridized carbons (Fsp3) is 0.462. The van der Waals surface area contributed by atoms with Crippen LogP contribution in [0.1, 0.15) is 0 Å². The lowest BCUT2D eigenvalue weighted by Crippen LogP contribution is -2.37. The van der Waals surface area contributed by atoms with Crippen molar-refractivity contribution < 1.29 is 19.0 Å². The molecule has 19 heavy (non-hydrogen) atoms. The monoisotopic (exact) mass is 287 g/mol. The van der Waals surface area contributed by atoms with Gasteiger partial charge < -0.3 is 14.7 Å². The molecule has 6 heteroatoms. The Bertz CT molecular complexity index is 403. The molecular formula is C13H18FNO3S. The summed E-state index contributed by atoms with van der Waals surface area (Å²) in [4.78, 5) is 13.9. The Morgan fingerprint density at radius 2 is 2.16 bits per heavy atom. The van der Waals surface area contributed by atoms with Crippen LogP contribution in [0.5, 0.6) is 0 Å². The van der Waals surface area contributed by atoms with E-state index >= 15 is 0 Å². The van der Waals surface area contributed by atoms with Crippen molar-refractivity contribution in [3.05, 3.63) is 30.1 Å². The molecule has 4 nitrogen and oxygen atoms in total. The van der Waals surface area contributed by atoms with E-state index in [0.717, 1.165) is 11.8 Å². The summed E-state index contributed by atoms with van der Waals surface area (Å²) < 4.78 is 18.3. The van der Waals surface area contributed by atoms with Crippen LogP contribution in [-0.4, -0.2) is 55.1 Å². The third-order valence-corrected chi connectivity index (χ3v) is 3.51. The lowest BCUT2D eigenvalue weighted by Gasteiger charge is -2.21. The van der Waals surface area contributed by atoms with E-state index in [1.807, 2.05) is 0 Å². The maximum absolute atomic E-state index is 13.4. The van der Waals surface area contributed by atoms with Gasteiger partial charge in [-0.3, -0.25) is 4.79 Å². The first kappa shape index (κ1) is 15.9. The van der Waals surface area contributed by atoms with Gasteiger partial charge in [0.1, 0.15) is 5.82 Å². The molecule has 1 aromatic rings. The summed E-state index contributed by atoms with van der Waals surface area (Å²) in [5.74, 6) is -0.324. The number of ether oxygens (including phenoxy) is 1. The van der Waals surface area contributed by atoms with Gasteiger partial charge in [0.15, 0.2) is 0 Å². The third kappa shape index (κ3) is 5.59. The van der Waals surface area contributed by atoms with Crippen molar-refractivity contribution in [2.45, 2.75) is 4.90 Å². The summed E-state index contributed by atoms with van der Waals surface area (Å²) in [7, 11) is 1.55. The Morgan fingerprint density at radius 1 is 1.42 bits per heavy atom. The maximum Gasteiger partial charge on any atom is 0.233 e. The number of methoxy groups -OCH3 is 1. The summed E-state index contributed by atoms with van der Waals surface area (Å²) in [5.41, 5.74) is 0. The van der Waals surface area contributed by atoms with Crippen molar-refractivity contribution in [2.75, 3.05) is 39.2 Å². The Labute approximate surface area is 116 Å². The van der Waals surface area contributed by atoms with E-state index in [2.05, 4.69) is 0 Å². The highest BCUT2D eigenvalue weighted by Crippen LogP contribution is 2.21. The topological polar surface area (TPSA) is 49.8 Å². The average Bonchev–Trinajstić information content (AvgIpc) is 2.42. The smallest absolute Gasteiger partial charge is 0.233 e. The van der Waals surface area contributed by atoms with Crippen molar-refractivity contribution in [3.8, 4) is 0 Å². The number of aliphatic hydroxyl groups is 1. The second kappa shape index (κ2) is 8.90. The Morgan fingerprint density at radius 3 is 2.79 bits per heavy atom. The van der Waals surface area contributed by atoms with Gasteiger partial charge in [-0.15, -0.1) is 11.8 Å². The summed E-state index contributed by atoms with van der Waals surface area (Å²) in [5, 5.41) is 8.91. The number of halogens is 1. The highest BCUT2D eigenvalue weighted by Gasteiger charge is 2.13. The van der Waals surface area contributed by atoms with Crippen LogP contribution >= 0.6 is 11.8 Å². The van der Waals surface area contributed by atoms with Gasteiger partial charge in [-0.2, -0.15) is 0 Å². The zero-order valence-electron chi connectivity index (χ0n) is 10.8. The molecule has 0 aliphatic carbocycles. The van der Waals surface area contributed by atoms with E-state index in [1.54, 1.807) is 25.3 Å². The van der Waals surface area contributed by atoms with E-state index in [4.69, 9.17) is 9.84 Å². The van der Waals surface area contributed by atoms with E-state index < -0.39 is 0 Å². The molecule has 1 amide bonds. The lowest BCUT2D eigenvalue weighted by molar-refractivity contribution is -0.129. The quantitative estimate of drug-likeness (QED) is 0.734. The van der Waals surface area contributed by atoms with Crippen LogP contribution < -0.4 is 0 Å². The molecule has 0 bridgehead atoms. The van der Waals surface area contributed by atoms with Gasteiger partial charge in [0.05, 0.1) is 19.0 Å². The molecule has 0 atom stereocenters. The predicted octanol–water partition coefficient (Wildman–Crippen LogP) is 1.39. The second-order valence-electron chi connectivity index (χ2n) is 3.82. The number of aliphatic hydroxyl groups excluding tert-OH is 1. The van der Waals surface area contributed by atoms with Crippen LogP contribution in [0, 0.1) is 5.82 Å². The van der Waals surface area contributed by atoms with Crippen molar-refractivity contribution in [1.29, 1.82) is 0 Å². The van der Waals surface area contributed by atoms with Crippen molar-refractivity contribution in [2.24, 2.45) is 0 Å². The number of benzene rings is 1. The predicted molar refractivity (Wildman–Crippen MR) is 72.7 cm³/mol. The van der Waals surface area contributed by atoms with Gasteiger partial charge in [0, 0.05) is 25.1 Å². The molecule has 1 aromatic carbocycles. The standard InChI is InChI=1S/C13H18FNO3S/c1-18-9-7-15(6-8-16)13(17)10-19-12-5-3-2-4-11(12)14/h2-5,16H,6-10H2,1H3. The fourth-order valence-electron chi connectivity index (χ4n) is 1.48. The molecule has 0 radical (unpaired) electrons. The Hall–Kier alpha value is -1.11. The number of nitrogens with zero attached hydrogens (tertiary/aromatic N) is 1. The maximum atomic E-state index is 13.4. The minimum atomic E-state index is -0.328. The second-order valence-corrected chi connectivity index (χ2v) is 4.83. The first-order chi connectivity index (χ1) is 9.19. The van der Waals surface area contributed by atoms with Crippen LogP contribution in [0.3, 0.4) is 0 Å². The van der Waals surface area contributed by atoms with Crippen molar-refractivity contribution in [3.63, 3.8) is 0 Å². The molecule has 0 spiro atoms. The molecule has 0 saturated carbocycles. The molecule has 0 unspecified atom stereocenters. The first-order valence-electron chi connectivity index (χ1n) is 5.94. The summed E-state index contributed by atoms with van der Waals surface area (Å²) in [6.45, 7) is 1.00. The minimum absolute atomic E-state index is 0.0974. The molecule has 1 N–H and O–H groups in total. The van der Waals surface area contributed by atoms with Crippen LogP contribution in [0.15, 0.2) is 29.2 Å². The van der Waals surface area contributed by atoms with Gasteiger partial charge in [-0.05, 0) is 12.1 Å². The zero-order valence-corrected chi connectivity index (χ0v) is 11.7. The van der Waals surface area contributed by atoms with E-state index in [1.165, 1.54) is 11.0 Å². The average molecular weight is 287 g/mol. The van der Waals surface area contributed by atoms with E-state index in [9.17, 15) is 9.18 Å². The number of thioether (sulfide) groups is 1. The van der Waals surface area contributed by atoms with E-state index in [0.29, 0.717) is 18.0 Å². The Kier molecular flexibility index (Phi) is 7.47. The summed E-state index contributed by atoms with van der Waals surface area (Å²) >= 11 is 1.15. The summed E-state index contributed by atoms with van der Waals surface area (Å²) in [6, 6.07) is 6.34. The van der Waals surface area contributed by atoms with Crippen molar-refractivity contribution >= 4 is 17.7 Å². The fourth-order valence-corrected chi connectivity index (χ4v) is 2.32. The number of carbonyl (C=O) groups excluding carboxylic acids is 1. The van der Waals surface area contributed by atoms with Crippen molar-refractivity contribution in [1.82, 2.24) is 4.90 Å². The number of rotatable bonds is 8.